The summed E-state index contributed by atoms with van der Waals surface area (Å²) in [5.41, 5.74) is 6.12. The second kappa shape index (κ2) is 9.18. The fourth-order valence-electron chi connectivity index (χ4n) is 4.66. The molecule has 5 nitrogen and oxygen atoms in total. The third-order valence-corrected chi connectivity index (χ3v) is 6.44. The summed E-state index contributed by atoms with van der Waals surface area (Å²) in [5.74, 6) is 2.32. The molecule has 4 aromatic rings. The van der Waals surface area contributed by atoms with E-state index in [4.69, 9.17) is 14.2 Å². The molecule has 0 saturated carbocycles. The van der Waals surface area contributed by atoms with Crippen molar-refractivity contribution in [2.24, 2.45) is 0 Å². The molecular formula is C30H25NO4. The van der Waals surface area contributed by atoms with E-state index >= 15 is 0 Å². The van der Waals surface area contributed by atoms with Crippen LogP contribution in [0.1, 0.15) is 27.0 Å². The smallest absolute Gasteiger partial charge is 0.254 e. The van der Waals surface area contributed by atoms with Crippen molar-refractivity contribution < 1.29 is 19.0 Å². The fourth-order valence-corrected chi connectivity index (χ4v) is 4.66. The second-order valence-electron chi connectivity index (χ2n) is 8.84. The van der Waals surface area contributed by atoms with Crippen LogP contribution < -0.4 is 14.2 Å². The number of hydrogen-bond acceptors (Lipinski definition) is 4. The molecule has 0 spiro atoms. The molecule has 0 bridgehead atoms. The first-order valence-electron chi connectivity index (χ1n) is 11.8. The Morgan fingerprint density at radius 3 is 2.34 bits per heavy atom. The number of benzene rings is 4. The van der Waals surface area contributed by atoms with Gasteiger partial charge in [-0.3, -0.25) is 4.79 Å². The van der Waals surface area contributed by atoms with Gasteiger partial charge in [-0.2, -0.15) is 0 Å². The van der Waals surface area contributed by atoms with Crippen molar-refractivity contribution in [3.05, 3.63) is 113 Å². The third kappa shape index (κ3) is 4.45. The Hall–Kier alpha value is -4.25. The lowest BCUT2D eigenvalue weighted by atomic mass is 10.0. The molecule has 4 aromatic carbocycles. The summed E-state index contributed by atoms with van der Waals surface area (Å²) in [7, 11) is 0. The molecular weight excluding hydrogens is 438 g/mol. The van der Waals surface area contributed by atoms with Crippen LogP contribution in [0.15, 0.2) is 91.0 Å². The quantitative estimate of drug-likeness (QED) is 0.359. The molecule has 6 rings (SSSR count). The van der Waals surface area contributed by atoms with Crippen molar-refractivity contribution in [3.63, 3.8) is 0 Å². The standard InChI is InChI=1S/C30H25NO4/c32-30(26-10-12-27-25(17-26)13-14-33-27)31(19-22-9-11-28-29(16-22)35-20-34-28)18-21-5-4-8-24(15-21)23-6-2-1-3-7-23/h1-12,15-17H,13-14,18-20H2. The third-order valence-electron chi connectivity index (χ3n) is 6.44. The molecule has 5 heteroatoms. The molecule has 35 heavy (non-hydrogen) atoms. The Morgan fingerprint density at radius 1 is 0.686 bits per heavy atom. The maximum atomic E-state index is 13.8. The molecule has 0 aromatic heterocycles. The molecule has 1 amide bonds. The van der Waals surface area contributed by atoms with Crippen LogP contribution >= 0.6 is 0 Å². The molecule has 2 heterocycles. The first-order chi connectivity index (χ1) is 17.2. The lowest BCUT2D eigenvalue weighted by Crippen LogP contribution is -2.30. The highest BCUT2D eigenvalue weighted by Gasteiger charge is 2.22. The zero-order chi connectivity index (χ0) is 23.6. The molecule has 0 atom stereocenters. The van der Waals surface area contributed by atoms with E-state index in [2.05, 4.69) is 30.3 Å². The number of nitrogens with zero attached hydrogens (tertiary/aromatic N) is 1. The molecule has 174 valence electrons. The normalized spacial score (nSPS) is 13.3. The van der Waals surface area contributed by atoms with Gasteiger partial charge in [0.05, 0.1) is 6.61 Å². The van der Waals surface area contributed by atoms with Gasteiger partial charge in [0, 0.05) is 25.1 Å². The van der Waals surface area contributed by atoms with E-state index in [1.165, 1.54) is 0 Å². The summed E-state index contributed by atoms with van der Waals surface area (Å²) < 4.78 is 16.6. The molecule has 0 radical (unpaired) electrons. The van der Waals surface area contributed by atoms with E-state index in [9.17, 15) is 4.79 Å². The molecule has 0 unspecified atom stereocenters. The molecule has 0 aliphatic carbocycles. The number of hydrogen-bond donors (Lipinski definition) is 0. The van der Waals surface area contributed by atoms with E-state index in [1.54, 1.807) is 0 Å². The van der Waals surface area contributed by atoms with Crippen LogP contribution in [0.4, 0.5) is 0 Å². The van der Waals surface area contributed by atoms with Crippen molar-refractivity contribution in [3.8, 4) is 28.4 Å². The summed E-state index contributed by atoms with van der Waals surface area (Å²) in [6.07, 6.45) is 0.831. The first-order valence-corrected chi connectivity index (χ1v) is 11.8. The minimum atomic E-state index is -0.0116. The number of rotatable bonds is 6. The summed E-state index contributed by atoms with van der Waals surface area (Å²) >= 11 is 0. The highest BCUT2D eigenvalue weighted by atomic mass is 16.7. The highest BCUT2D eigenvalue weighted by Crippen LogP contribution is 2.33. The predicted molar refractivity (Wildman–Crippen MR) is 134 cm³/mol. The van der Waals surface area contributed by atoms with Gasteiger partial charge < -0.3 is 19.1 Å². The SMILES string of the molecule is O=C(c1ccc2c(c1)CCO2)N(Cc1cccc(-c2ccccc2)c1)Cc1ccc2c(c1)OCO2. The topological polar surface area (TPSA) is 48.0 Å². The molecule has 2 aliphatic heterocycles. The average molecular weight is 464 g/mol. The number of ether oxygens (including phenoxy) is 3. The monoisotopic (exact) mass is 463 g/mol. The number of fused-ring (bicyclic) bond motifs is 2. The van der Waals surface area contributed by atoms with Crippen LogP contribution in [0, 0.1) is 0 Å². The Kier molecular flexibility index (Phi) is 5.59. The van der Waals surface area contributed by atoms with E-state index < -0.39 is 0 Å². The molecule has 2 aliphatic rings. The van der Waals surface area contributed by atoms with Crippen molar-refractivity contribution in [2.45, 2.75) is 19.5 Å². The van der Waals surface area contributed by atoms with Gasteiger partial charge in [-0.15, -0.1) is 0 Å². The van der Waals surface area contributed by atoms with Gasteiger partial charge >= 0.3 is 0 Å². The van der Waals surface area contributed by atoms with E-state index in [-0.39, 0.29) is 12.7 Å². The minimum Gasteiger partial charge on any atom is -0.493 e. The van der Waals surface area contributed by atoms with Gasteiger partial charge in [-0.1, -0.05) is 54.6 Å². The summed E-state index contributed by atoms with van der Waals surface area (Å²) in [6, 6.07) is 30.3. The van der Waals surface area contributed by atoms with Gasteiger partial charge in [-0.05, 0) is 64.2 Å². The van der Waals surface area contributed by atoms with Crippen molar-refractivity contribution in [1.29, 1.82) is 0 Å². The lowest BCUT2D eigenvalue weighted by molar-refractivity contribution is 0.0729. The Balaban J connectivity index is 1.31. The zero-order valence-electron chi connectivity index (χ0n) is 19.3. The summed E-state index contributed by atoms with van der Waals surface area (Å²) in [4.78, 5) is 15.7. The average Bonchev–Trinajstić information content (AvgIpc) is 3.57. The number of carbonyl (C=O) groups is 1. The fraction of sp³-hybridized carbons (Fsp3) is 0.167. The highest BCUT2D eigenvalue weighted by molar-refractivity contribution is 5.94. The largest absolute Gasteiger partial charge is 0.493 e. The maximum absolute atomic E-state index is 13.8. The van der Waals surface area contributed by atoms with Crippen LogP contribution in [-0.2, 0) is 19.5 Å². The zero-order valence-corrected chi connectivity index (χ0v) is 19.3. The van der Waals surface area contributed by atoms with Crippen LogP contribution in [0.25, 0.3) is 11.1 Å². The van der Waals surface area contributed by atoms with Crippen molar-refractivity contribution in [2.75, 3.05) is 13.4 Å². The van der Waals surface area contributed by atoms with E-state index in [0.29, 0.717) is 25.3 Å². The Labute approximate surface area is 204 Å². The van der Waals surface area contributed by atoms with Crippen LogP contribution in [-0.4, -0.2) is 24.2 Å². The van der Waals surface area contributed by atoms with Gasteiger partial charge in [0.15, 0.2) is 11.5 Å². The molecule has 0 N–H and O–H groups in total. The lowest BCUT2D eigenvalue weighted by Gasteiger charge is -2.24. The second-order valence-corrected chi connectivity index (χ2v) is 8.84. The van der Waals surface area contributed by atoms with Crippen LogP contribution in [0.5, 0.6) is 17.2 Å². The number of amides is 1. The van der Waals surface area contributed by atoms with Gasteiger partial charge in [0.1, 0.15) is 5.75 Å². The first kappa shape index (κ1) is 21.3. The van der Waals surface area contributed by atoms with Gasteiger partial charge in [-0.25, -0.2) is 0 Å². The predicted octanol–water partition coefficient (Wildman–Crippen LogP) is 5.86. The van der Waals surface area contributed by atoms with Crippen molar-refractivity contribution in [1.82, 2.24) is 4.90 Å². The van der Waals surface area contributed by atoms with Crippen molar-refractivity contribution >= 4 is 5.91 Å². The van der Waals surface area contributed by atoms with E-state index in [1.807, 2.05) is 65.6 Å². The van der Waals surface area contributed by atoms with E-state index in [0.717, 1.165) is 51.5 Å². The minimum absolute atomic E-state index is 0.0116. The molecule has 0 saturated heterocycles. The Bertz CT molecular complexity index is 1380. The van der Waals surface area contributed by atoms with Gasteiger partial charge in [0.25, 0.3) is 5.91 Å². The van der Waals surface area contributed by atoms with Crippen LogP contribution in [0.2, 0.25) is 0 Å². The summed E-state index contributed by atoms with van der Waals surface area (Å²) in [6.45, 7) is 1.84. The maximum Gasteiger partial charge on any atom is 0.254 e. The van der Waals surface area contributed by atoms with Gasteiger partial charge in [0.2, 0.25) is 6.79 Å². The van der Waals surface area contributed by atoms with Crippen LogP contribution in [0.3, 0.4) is 0 Å². The number of carbonyl (C=O) groups excluding carboxylic acids is 1. The Morgan fingerprint density at radius 2 is 1.46 bits per heavy atom. The summed E-state index contributed by atoms with van der Waals surface area (Å²) in [5, 5.41) is 0. The molecule has 0 fully saturated rings.